The fourth-order valence-corrected chi connectivity index (χ4v) is 0.293. The zero-order valence-electron chi connectivity index (χ0n) is 3.79. The van der Waals surface area contributed by atoms with E-state index >= 15 is 0 Å². The maximum Gasteiger partial charge on any atom is 0.0912 e. The summed E-state index contributed by atoms with van der Waals surface area (Å²) < 4.78 is 0.634. The molecule has 0 aliphatic rings. The molecular formula is C3H5NOS2. The summed E-state index contributed by atoms with van der Waals surface area (Å²) in [4.78, 5) is 9.39. The minimum atomic E-state index is 0.634. The molecule has 2 nitrogen and oxygen atoms in total. The highest BCUT2D eigenvalue weighted by atomic mass is 32.2. The fourth-order valence-electron chi connectivity index (χ4n) is 0.0978. The van der Waals surface area contributed by atoms with Crippen molar-refractivity contribution in [1.82, 2.24) is 0 Å². The molecule has 7 heavy (non-hydrogen) atoms. The molecule has 0 bridgehead atoms. The lowest BCUT2D eigenvalue weighted by atomic mass is 11.1. The Morgan fingerprint density at radius 1 is 2.00 bits per heavy atom. The van der Waals surface area contributed by atoms with E-state index in [4.69, 9.17) is 0 Å². The van der Waals surface area contributed by atoms with Gasteiger partial charge in [-0.2, -0.15) is 0 Å². The second kappa shape index (κ2) is 4.21. The largest absolute Gasteiger partial charge is 0.145 e. The van der Waals surface area contributed by atoms with E-state index in [1.54, 1.807) is 0 Å². The summed E-state index contributed by atoms with van der Waals surface area (Å²) in [5.41, 5.74) is 0. The predicted molar refractivity (Wildman–Crippen MR) is 36.4 cm³/mol. The first-order chi connectivity index (χ1) is 3.31. The molecule has 40 valence electrons. The first-order valence-electron chi connectivity index (χ1n) is 1.57. The van der Waals surface area contributed by atoms with Gasteiger partial charge in [-0.1, -0.05) is 0 Å². The zero-order valence-corrected chi connectivity index (χ0v) is 5.50. The van der Waals surface area contributed by atoms with Gasteiger partial charge in [-0.05, 0) is 11.4 Å². The third-order valence-electron chi connectivity index (χ3n) is 0.372. The van der Waals surface area contributed by atoms with Crippen LogP contribution in [0, 0.1) is 4.91 Å². The Hall–Kier alpha value is 0.0400. The van der Waals surface area contributed by atoms with Crippen LogP contribution in [-0.2, 0) is 0 Å². The Kier molecular flexibility index (Phi) is 4.23. The first-order valence-corrected chi connectivity index (χ1v) is 3.24. The number of rotatable bonds is 2. The van der Waals surface area contributed by atoms with E-state index in [0.717, 1.165) is 6.20 Å². The lowest BCUT2D eigenvalue weighted by Gasteiger charge is -1.82. The average Bonchev–Trinajstić information content (AvgIpc) is 1.68. The maximum absolute atomic E-state index is 9.39. The summed E-state index contributed by atoms with van der Waals surface area (Å²) >= 11 is 5.22. The van der Waals surface area contributed by atoms with E-state index in [-0.39, 0.29) is 0 Å². The zero-order chi connectivity index (χ0) is 5.70. The van der Waals surface area contributed by atoms with Gasteiger partial charge in [0.25, 0.3) is 0 Å². The second-order valence-electron chi connectivity index (χ2n) is 0.777. The molecule has 0 radical (unpaired) electrons. The molecule has 0 saturated carbocycles. The van der Waals surface area contributed by atoms with Gasteiger partial charge in [0.05, 0.1) is 10.4 Å². The van der Waals surface area contributed by atoms with Gasteiger partial charge in [-0.15, -0.1) is 29.3 Å². The molecule has 0 unspecified atom stereocenters. The number of hydrogen-bond donors (Lipinski definition) is 1. The summed E-state index contributed by atoms with van der Waals surface area (Å²) in [5.74, 6) is 0. The van der Waals surface area contributed by atoms with Crippen molar-refractivity contribution in [1.29, 1.82) is 0 Å². The van der Waals surface area contributed by atoms with Crippen LogP contribution in [0.3, 0.4) is 0 Å². The van der Waals surface area contributed by atoms with Crippen LogP contribution < -0.4 is 0 Å². The fraction of sp³-hybridized carbons (Fsp3) is 0.333. The van der Waals surface area contributed by atoms with Crippen LogP contribution in [-0.4, -0.2) is 6.26 Å². The van der Waals surface area contributed by atoms with Crippen LogP contribution in [0.5, 0.6) is 0 Å². The van der Waals surface area contributed by atoms with Gasteiger partial charge >= 0.3 is 0 Å². The van der Waals surface area contributed by atoms with E-state index in [0.29, 0.717) is 4.24 Å². The second-order valence-corrected chi connectivity index (χ2v) is 2.41. The molecule has 0 aromatic rings. The lowest BCUT2D eigenvalue weighted by molar-refractivity contribution is 1.55. The number of thiol groups is 1. The Morgan fingerprint density at radius 2 is 2.57 bits per heavy atom. The van der Waals surface area contributed by atoms with Gasteiger partial charge in [0.15, 0.2) is 0 Å². The molecule has 0 aliphatic heterocycles. The monoisotopic (exact) mass is 135 g/mol. The number of nitrogens with zero attached hydrogens (tertiary/aromatic N) is 1. The topological polar surface area (TPSA) is 29.4 Å². The summed E-state index contributed by atoms with van der Waals surface area (Å²) in [7, 11) is 0. The third kappa shape index (κ3) is 3.88. The Labute approximate surface area is 51.8 Å². The van der Waals surface area contributed by atoms with Crippen molar-refractivity contribution in [2.75, 3.05) is 6.26 Å². The quantitative estimate of drug-likeness (QED) is 0.462. The standard InChI is InChI=1S/C3H5NOS2/c1-7-3(6)2-4-5/h2,6H,1H3/b3-2-. The molecule has 0 rings (SSSR count). The third-order valence-corrected chi connectivity index (χ3v) is 1.56. The van der Waals surface area contributed by atoms with E-state index in [9.17, 15) is 4.91 Å². The van der Waals surface area contributed by atoms with E-state index in [1.165, 1.54) is 11.8 Å². The normalized spacial score (nSPS) is 11.4. The number of nitroso groups, excluding NO2 is 1. The van der Waals surface area contributed by atoms with Gasteiger partial charge in [-0.25, -0.2) is 0 Å². The van der Waals surface area contributed by atoms with Crippen molar-refractivity contribution >= 4 is 24.4 Å². The molecule has 0 spiro atoms. The van der Waals surface area contributed by atoms with Crippen molar-refractivity contribution in [3.63, 3.8) is 0 Å². The maximum atomic E-state index is 9.39. The minimum Gasteiger partial charge on any atom is -0.145 e. The van der Waals surface area contributed by atoms with Crippen molar-refractivity contribution in [3.8, 4) is 0 Å². The lowest BCUT2D eigenvalue weighted by Crippen LogP contribution is -1.53. The molecular weight excluding hydrogens is 130 g/mol. The summed E-state index contributed by atoms with van der Waals surface area (Å²) in [6.45, 7) is 0. The van der Waals surface area contributed by atoms with Crippen molar-refractivity contribution in [2.45, 2.75) is 0 Å². The van der Waals surface area contributed by atoms with Gasteiger partial charge in [0, 0.05) is 0 Å². The molecule has 0 amide bonds. The Balaban J connectivity index is 3.49. The summed E-state index contributed by atoms with van der Waals surface area (Å²) in [6.07, 6.45) is 2.98. The van der Waals surface area contributed by atoms with E-state index in [2.05, 4.69) is 17.8 Å². The molecule has 0 heterocycles. The molecule has 0 atom stereocenters. The smallest absolute Gasteiger partial charge is 0.0912 e. The van der Waals surface area contributed by atoms with Gasteiger partial charge in [0.1, 0.15) is 0 Å². The van der Waals surface area contributed by atoms with Crippen LogP contribution in [0.1, 0.15) is 0 Å². The average molecular weight is 135 g/mol. The van der Waals surface area contributed by atoms with Crippen LogP contribution in [0.15, 0.2) is 15.6 Å². The van der Waals surface area contributed by atoms with Gasteiger partial charge in [0.2, 0.25) is 0 Å². The highest BCUT2D eigenvalue weighted by molar-refractivity contribution is 8.15. The van der Waals surface area contributed by atoms with Crippen LogP contribution in [0.2, 0.25) is 0 Å². The highest BCUT2D eigenvalue weighted by Crippen LogP contribution is 2.14. The Morgan fingerprint density at radius 3 is 2.71 bits per heavy atom. The minimum absolute atomic E-state index is 0.634. The predicted octanol–water partition coefficient (Wildman–Crippen LogP) is 1.84. The summed E-state index contributed by atoms with van der Waals surface area (Å²) in [6, 6.07) is 0. The van der Waals surface area contributed by atoms with Crippen molar-refractivity contribution < 1.29 is 0 Å². The van der Waals surface area contributed by atoms with Gasteiger partial charge < -0.3 is 0 Å². The first kappa shape index (κ1) is 7.04. The SMILES string of the molecule is CS/C(S)=C\N=O. The highest BCUT2D eigenvalue weighted by Gasteiger charge is 1.79. The Bertz CT molecular complexity index is 90.9. The molecule has 4 heteroatoms. The van der Waals surface area contributed by atoms with Crippen molar-refractivity contribution in [3.05, 3.63) is 15.3 Å². The van der Waals surface area contributed by atoms with Crippen molar-refractivity contribution in [2.24, 2.45) is 5.18 Å². The van der Waals surface area contributed by atoms with E-state index in [1.807, 2.05) is 6.26 Å². The number of thioether (sulfide) groups is 1. The summed E-state index contributed by atoms with van der Waals surface area (Å²) in [5, 5.41) is 2.50. The molecule has 0 aromatic carbocycles. The van der Waals surface area contributed by atoms with Crippen LogP contribution in [0.25, 0.3) is 0 Å². The van der Waals surface area contributed by atoms with Crippen LogP contribution >= 0.6 is 24.4 Å². The van der Waals surface area contributed by atoms with E-state index < -0.39 is 0 Å². The molecule has 0 aliphatic carbocycles. The van der Waals surface area contributed by atoms with Crippen LogP contribution in [0.4, 0.5) is 0 Å². The molecule has 0 aromatic heterocycles. The number of hydrogen-bond acceptors (Lipinski definition) is 4. The molecule has 0 fully saturated rings. The van der Waals surface area contributed by atoms with Gasteiger partial charge in [-0.3, -0.25) is 0 Å². The molecule has 0 saturated heterocycles. The molecule has 0 N–H and O–H groups in total.